The van der Waals surface area contributed by atoms with Gasteiger partial charge in [-0.05, 0) is 13.0 Å². The summed E-state index contributed by atoms with van der Waals surface area (Å²) in [7, 11) is 1.93. The van der Waals surface area contributed by atoms with Gasteiger partial charge in [-0.15, -0.1) is 0 Å². The van der Waals surface area contributed by atoms with Crippen LogP contribution < -0.4 is 0 Å². The molecule has 2 aromatic heterocycles. The molecule has 4 nitrogen and oxygen atoms in total. The molecule has 0 radical (unpaired) electrons. The number of aromatic nitrogens is 4. The predicted molar refractivity (Wildman–Crippen MR) is 66.5 cm³/mol. The SMILES string of the molecule is Cc1cccc(-c2ncc3ncn(C)c3n2)c1. The maximum Gasteiger partial charge on any atom is 0.163 e. The summed E-state index contributed by atoms with van der Waals surface area (Å²) in [5.41, 5.74) is 3.92. The van der Waals surface area contributed by atoms with E-state index in [0.29, 0.717) is 0 Å². The first-order valence-corrected chi connectivity index (χ1v) is 5.45. The molecule has 0 atom stereocenters. The average Bonchev–Trinajstić information content (AvgIpc) is 2.71. The van der Waals surface area contributed by atoms with Crippen LogP contribution in [0.4, 0.5) is 0 Å². The lowest BCUT2D eigenvalue weighted by molar-refractivity contribution is 0.929. The standard InChI is InChI=1S/C13H12N4/c1-9-4-3-5-10(6-9)12-14-7-11-13(16-12)17(2)8-15-11/h3-8H,1-2H3. The lowest BCUT2D eigenvalue weighted by atomic mass is 10.1. The molecule has 84 valence electrons. The number of imidazole rings is 1. The van der Waals surface area contributed by atoms with E-state index in [0.717, 1.165) is 22.6 Å². The van der Waals surface area contributed by atoms with E-state index in [1.54, 1.807) is 12.5 Å². The third-order valence-corrected chi connectivity index (χ3v) is 2.73. The van der Waals surface area contributed by atoms with Gasteiger partial charge in [0.1, 0.15) is 5.52 Å². The number of hydrogen-bond donors (Lipinski definition) is 0. The zero-order valence-electron chi connectivity index (χ0n) is 9.75. The molecule has 2 heterocycles. The van der Waals surface area contributed by atoms with E-state index in [-0.39, 0.29) is 0 Å². The van der Waals surface area contributed by atoms with Gasteiger partial charge in [-0.25, -0.2) is 15.0 Å². The van der Waals surface area contributed by atoms with Crippen molar-refractivity contribution in [3.05, 3.63) is 42.4 Å². The summed E-state index contributed by atoms with van der Waals surface area (Å²) < 4.78 is 1.90. The monoisotopic (exact) mass is 224 g/mol. The van der Waals surface area contributed by atoms with Gasteiger partial charge in [0.2, 0.25) is 0 Å². The van der Waals surface area contributed by atoms with Gasteiger partial charge in [-0.3, -0.25) is 0 Å². The van der Waals surface area contributed by atoms with E-state index in [9.17, 15) is 0 Å². The van der Waals surface area contributed by atoms with Crippen molar-refractivity contribution in [2.24, 2.45) is 7.05 Å². The minimum Gasteiger partial charge on any atom is -0.318 e. The molecular weight excluding hydrogens is 212 g/mol. The van der Waals surface area contributed by atoms with Gasteiger partial charge in [-0.2, -0.15) is 0 Å². The van der Waals surface area contributed by atoms with Crippen LogP contribution in [0.1, 0.15) is 5.56 Å². The minimum absolute atomic E-state index is 0.741. The summed E-state index contributed by atoms with van der Waals surface area (Å²) in [6.07, 6.45) is 3.51. The van der Waals surface area contributed by atoms with Crippen molar-refractivity contribution in [2.75, 3.05) is 0 Å². The third kappa shape index (κ3) is 1.67. The van der Waals surface area contributed by atoms with Crippen LogP contribution in [-0.2, 0) is 7.05 Å². The fraction of sp³-hybridized carbons (Fsp3) is 0.154. The van der Waals surface area contributed by atoms with Crippen LogP contribution in [0, 0.1) is 6.92 Å². The molecular formula is C13H12N4. The molecule has 0 aliphatic rings. The maximum atomic E-state index is 4.54. The fourth-order valence-corrected chi connectivity index (χ4v) is 1.84. The van der Waals surface area contributed by atoms with Gasteiger partial charge < -0.3 is 4.57 Å². The van der Waals surface area contributed by atoms with Gasteiger partial charge >= 0.3 is 0 Å². The Bertz CT molecular complexity index is 685. The Morgan fingerprint density at radius 3 is 2.88 bits per heavy atom. The topological polar surface area (TPSA) is 43.6 Å². The van der Waals surface area contributed by atoms with E-state index >= 15 is 0 Å². The molecule has 4 heteroatoms. The van der Waals surface area contributed by atoms with Gasteiger partial charge in [0, 0.05) is 12.6 Å². The molecule has 0 bridgehead atoms. The van der Waals surface area contributed by atoms with E-state index in [4.69, 9.17) is 0 Å². The number of rotatable bonds is 1. The van der Waals surface area contributed by atoms with E-state index < -0.39 is 0 Å². The summed E-state index contributed by atoms with van der Waals surface area (Å²) in [4.78, 5) is 13.1. The summed E-state index contributed by atoms with van der Waals surface area (Å²) >= 11 is 0. The molecule has 0 aliphatic carbocycles. The van der Waals surface area contributed by atoms with Gasteiger partial charge in [-0.1, -0.05) is 23.8 Å². The van der Waals surface area contributed by atoms with Crippen LogP contribution >= 0.6 is 0 Å². The largest absolute Gasteiger partial charge is 0.318 e. The Morgan fingerprint density at radius 2 is 2.06 bits per heavy atom. The molecule has 17 heavy (non-hydrogen) atoms. The highest BCUT2D eigenvalue weighted by Gasteiger charge is 2.06. The Hall–Kier alpha value is -2.23. The molecule has 3 aromatic rings. The van der Waals surface area contributed by atoms with Crippen molar-refractivity contribution in [3.63, 3.8) is 0 Å². The first-order chi connectivity index (χ1) is 8.24. The smallest absolute Gasteiger partial charge is 0.163 e. The highest BCUT2D eigenvalue weighted by atomic mass is 15.1. The Balaban J connectivity index is 2.20. The number of hydrogen-bond acceptors (Lipinski definition) is 3. The molecule has 0 spiro atoms. The highest BCUT2D eigenvalue weighted by Crippen LogP contribution is 2.18. The van der Waals surface area contributed by atoms with Crippen molar-refractivity contribution in [1.29, 1.82) is 0 Å². The van der Waals surface area contributed by atoms with Crippen molar-refractivity contribution >= 4 is 11.2 Å². The normalized spacial score (nSPS) is 10.9. The van der Waals surface area contributed by atoms with Crippen LogP contribution in [0.5, 0.6) is 0 Å². The molecule has 0 aliphatic heterocycles. The number of aryl methyl sites for hydroxylation is 2. The Morgan fingerprint density at radius 1 is 1.18 bits per heavy atom. The van der Waals surface area contributed by atoms with Gasteiger partial charge in [0.05, 0.1) is 12.5 Å². The molecule has 0 N–H and O–H groups in total. The summed E-state index contributed by atoms with van der Waals surface area (Å²) in [5.74, 6) is 0.741. The van der Waals surface area contributed by atoms with Crippen molar-refractivity contribution in [1.82, 2.24) is 19.5 Å². The third-order valence-electron chi connectivity index (χ3n) is 2.73. The number of fused-ring (bicyclic) bond motifs is 1. The quantitative estimate of drug-likeness (QED) is 0.637. The molecule has 0 unspecified atom stereocenters. The lowest BCUT2D eigenvalue weighted by Crippen LogP contribution is -1.93. The van der Waals surface area contributed by atoms with E-state index in [1.807, 2.05) is 23.7 Å². The number of nitrogens with zero attached hydrogens (tertiary/aromatic N) is 4. The van der Waals surface area contributed by atoms with Crippen molar-refractivity contribution < 1.29 is 0 Å². The molecule has 3 rings (SSSR count). The molecule has 0 amide bonds. The summed E-state index contributed by atoms with van der Waals surface area (Å²) in [6, 6.07) is 8.18. The van der Waals surface area contributed by atoms with Gasteiger partial charge in [0.25, 0.3) is 0 Å². The van der Waals surface area contributed by atoms with Gasteiger partial charge in [0.15, 0.2) is 11.5 Å². The van der Waals surface area contributed by atoms with Crippen LogP contribution in [0.3, 0.4) is 0 Å². The van der Waals surface area contributed by atoms with Crippen molar-refractivity contribution in [3.8, 4) is 11.4 Å². The van der Waals surface area contributed by atoms with Crippen LogP contribution in [0.2, 0.25) is 0 Å². The minimum atomic E-state index is 0.741. The zero-order chi connectivity index (χ0) is 11.8. The fourth-order valence-electron chi connectivity index (χ4n) is 1.84. The number of benzene rings is 1. The van der Waals surface area contributed by atoms with E-state index in [1.165, 1.54) is 5.56 Å². The molecule has 0 saturated heterocycles. The second kappa shape index (κ2) is 3.66. The lowest BCUT2D eigenvalue weighted by Gasteiger charge is -2.01. The maximum absolute atomic E-state index is 4.54. The highest BCUT2D eigenvalue weighted by molar-refractivity contribution is 5.72. The molecule has 0 fully saturated rings. The average molecular weight is 224 g/mol. The van der Waals surface area contributed by atoms with Crippen LogP contribution in [-0.4, -0.2) is 19.5 Å². The molecule has 0 saturated carbocycles. The zero-order valence-corrected chi connectivity index (χ0v) is 9.75. The summed E-state index contributed by atoms with van der Waals surface area (Å²) in [6.45, 7) is 2.06. The van der Waals surface area contributed by atoms with E-state index in [2.05, 4.69) is 34.0 Å². The Labute approximate surface area is 99.0 Å². The first kappa shape index (κ1) is 9.96. The van der Waals surface area contributed by atoms with Crippen LogP contribution in [0.25, 0.3) is 22.6 Å². The van der Waals surface area contributed by atoms with Crippen molar-refractivity contribution in [2.45, 2.75) is 6.92 Å². The second-order valence-corrected chi connectivity index (χ2v) is 4.13. The second-order valence-electron chi connectivity index (χ2n) is 4.13. The van der Waals surface area contributed by atoms with Crippen LogP contribution in [0.15, 0.2) is 36.8 Å². The Kier molecular flexibility index (Phi) is 2.14. The predicted octanol–water partition coefficient (Wildman–Crippen LogP) is 2.34. The first-order valence-electron chi connectivity index (χ1n) is 5.45. The summed E-state index contributed by atoms with van der Waals surface area (Å²) in [5, 5.41) is 0. The molecule has 1 aromatic carbocycles.